The zero-order valence-electron chi connectivity index (χ0n) is 18.6. The van der Waals surface area contributed by atoms with Gasteiger partial charge < -0.3 is 4.57 Å². The average Bonchev–Trinajstić information content (AvgIpc) is 3.25. The van der Waals surface area contributed by atoms with Crippen molar-refractivity contribution >= 4 is 37.8 Å². The molecule has 0 spiro atoms. The number of hydrogen-bond donors (Lipinski definition) is 1. The molecule has 0 amide bonds. The Labute approximate surface area is 206 Å². The first kappa shape index (κ1) is 23.2. The number of primary sulfonamides is 1. The number of thiazole rings is 1. The maximum Gasteiger partial charge on any atom is 0.238 e. The van der Waals surface area contributed by atoms with Crippen molar-refractivity contribution in [2.75, 3.05) is 0 Å². The summed E-state index contributed by atoms with van der Waals surface area (Å²) in [6, 6.07) is 27.3. The monoisotopic (exact) mass is 503 g/mol. The molecule has 5 rings (SSSR count). The first-order valence-electron chi connectivity index (χ1n) is 11.0. The summed E-state index contributed by atoms with van der Waals surface area (Å²) in [6.45, 7) is 0.625. The molecule has 4 aromatic carbocycles. The van der Waals surface area contributed by atoms with Crippen LogP contribution in [-0.4, -0.2) is 13.0 Å². The van der Waals surface area contributed by atoms with E-state index in [0.717, 1.165) is 27.0 Å². The van der Waals surface area contributed by atoms with E-state index in [1.807, 2.05) is 12.1 Å². The lowest BCUT2D eigenvalue weighted by Crippen LogP contribution is -2.17. The molecule has 0 radical (unpaired) electrons. The SMILES string of the molecule is NS(=O)(=O)c1ccc(CCn2c(-c3ccc4ccccc4c3)csc2=Nc2ccc(F)cc2)cc1. The minimum atomic E-state index is -3.73. The summed E-state index contributed by atoms with van der Waals surface area (Å²) in [5, 5.41) is 9.62. The number of nitrogens with zero attached hydrogens (tertiary/aromatic N) is 2. The highest BCUT2D eigenvalue weighted by Gasteiger charge is 2.11. The number of benzene rings is 4. The van der Waals surface area contributed by atoms with Crippen molar-refractivity contribution in [3.8, 4) is 11.3 Å². The van der Waals surface area contributed by atoms with Crippen molar-refractivity contribution in [2.24, 2.45) is 10.1 Å². The largest absolute Gasteiger partial charge is 0.316 e. The first-order chi connectivity index (χ1) is 16.9. The van der Waals surface area contributed by atoms with E-state index in [2.05, 4.69) is 40.3 Å². The highest BCUT2D eigenvalue weighted by Crippen LogP contribution is 2.26. The second-order valence-corrected chi connectivity index (χ2v) is 10.5. The number of halogens is 1. The second-order valence-electron chi connectivity index (χ2n) is 8.14. The molecule has 0 bridgehead atoms. The van der Waals surface area contributed by atoms with Crippen LogP contribution in [0, 0.1) is 5.82 Å². The first-order valence-corrected chi connectivity index (χ1v) is 13.4. The van der Waals surface area contributed by atoms with Gasteiger partial charge in [-0.2, -0.15) is 0 Å². The summed E-state index contributed by atoms with van der Waals surface area (Å²) < 4.78 is 38.6. The lowest BCUT2D eigenvalue weighted by Gasteiger charge is -2.11. The summed E-state index contributed by atoms with van der Waals surface area (Å²) >= 11 is 1.52. The lowest BCUT2D eigenvalue weighted by atomic mass is 10.1. The zero-order valence-corrected chi connectivity index (χ0v) is 20.3. The molecule has 0 atom stereocenters. The molecule has 0 fully saturated rings. The molecule has 5 nitrogen and oxygen atoms in total. The molecule has 0 aliphatic heterocycles. The number of sulfonamides is 1. The molecular weight excluding hydrogens is 481 g/mol. The van der Waals surface area contributed by atoms with Crippen LogP contribution >= 0.6 is 11.3 Å². The molecule has 176 valence electrons. The zero-order chi connectivity index (χ0) is 24.4. The minimum absolute atomic E-state index is 0.0910. The number of hydrogen-bond acceptors (Lipinski definition) is 4. The fraction of sp³-hybridized carbons (Fsp3) is 0.0741. The quantitative estimate of drug-likeness (QED) is 0.326. The normalized spacial score (nSPS) is 12.3. The van der Waals surface area contributed by atoms with Gasteiger partial charge >= 0.3 is 0 Å². The van der Waals surface area contributed by atoms with Crippen LogP contribution in [0.1, 0.15) is 5.56 Å². The molecule has 0 saturated carbocycles. The van der Waals surface area contributed by atoms with Crippen molar-refractivity contribution in [3.63, 3.8) is 0 Å². The van der Waals surface area contributed by atoms with Crippen molar-refractivity contribution in [3.05, 3.63) is 113 Å². The number of aryl methyl sites for hydroxylation is 1. The molecule has 5 aromatic rings. The van der Waals surface area contributed by atoms with Crippen LogP contribution in [0.3, 0.4) is 0 Å². The van der Waals surface area contributed by atoms with Crippen LogP contribution in [0.15, 0.2) is 106 Å². The van der Waals surface area contributed by atoms with E-state index in [1.165, 1.54) is 41.0 Å². The third-order valence-electron chi connectivity index (χ3n) is 5.77. The smallest absolute Gasteiger partial charge is 0.238 e. The number of nitrogens with two attached hydrogens (primary N) is 1. The fourth-order valence-electron chi connectivity index (χ4n) is 3.93. The maximum atomic E-state index is 13.4. The van der Waals surface area contributed by atoms with Crippen molar-refractivity contribution in [2.45, 2.75) is 17.9 Å². The predicted octanol–water partition coefficient (Wildman–Crippen LogP) is 5.63. The Balaban J connectivity index is 1.54. The van der Waals surface area contributed by atoms with Gasteiger partial charge in [0.15, 0.2) is 4.80 Å². The topological polar surface area (TPSA) is 77.5 Å². The van der Waals surface area contributed by atoms with Crippen molar-refractivity contribution < 1.29 is 12.8 Å². The molecule has 35 heavy (non-hydrogen) atoms. The maximum absolute atomic E-state index is 13.4. The molecule has 0 saturated heterocycles. The van der Waals surface area contributed by atoms with Crippen molar-refractivity contribution in [1.82, 2.24) is 4.57 Å². The van der Waals surface area contributed by atoms with E-state index in [4.69, 9.17) is 10.1 Å². The standard InChI is InChI=1S/C27H22FN3O2S2/c28-23-9-11-24(12-10-23)30-27-31(16-15-19-5-13-25(14-6-19)35(29,32)33)26(18-34-27)22-8-7-20-3-1-2-4-21(20)17-22/h1-14,17-18H,15-16H2,(H2,29,32,33). The molecule has 0 aliphatic carbocycles. The van der Waals surface area contributed by atoms with Gasteiger partial charge in [0.1, 0.15) is 5.82 Å². The minimum Gasteiger partial charge on any atom is -0.316 e. The van der Waals surface area contributed by atoms with E-state index in [1.54, 1.807) is 24.3 Å². The van der Waals surface area contributed by atoms with Crippen LogP contribution < -0.4 is 9.94 Å². The second kappa shape index (κ2) is 9.58. The summed E-state index contributed by atoms with van der Waals surface area (Å²) in [6.07, 6.45) is 0.665. The summed E-state index contributed by atoms with van der Waals surface area (Å²) in [7, 11) is -3.73. The Hall–Kier alpha value is -3.59. The molecule has 0 unspecified atom stereocenters. The third-order valence-corrected chi connectivity index (χ3v) is 7.56. The van der Waals surface area contributed by atoms with Gasteiger partial charge in [0.05, 0.1) is 16.3 Å². The molecule has 1 heterocycles. The van der Waals surface area contributed by atoms with E-state index in [9.17, 15) is 12.8 Å². The van der Waals surface area contributed by atoms with Crippen LogP contribution in [-0.2, 0) is 23.0 Å². The Bertz CT molecular complexity index is 1670. The van der Waals surface area contributed by atoms with E-state index in [-0.39, 0.29) is 10.7 Å². The van der Waals surface area contributed by atoms with Crippen LogP contribution in [0.5, 0.6) is 0 Å². The van der Waals surface area contributed by atoms with E-state index >= 15 is 0 Å². The lowest BCUT2D eigenvalue weighted by molar-refractivity contribution is 0.597. The van der Waals surface area contributed by atoms with Crippen LogP contribution in [0.2, 0.25) is 0 Å². The van der Waals surface area contributed by atoms with Crippen LogP contribution in [0.4, 0.5) is 10.1 Å². The summed E-state index contributed by atoms with van der Waals surface area (Å²) in [5.41, 5.74) is 3.76. The van der Waals surface area contributed by atoms with Gasteiger partial charge in [-0.1, -0.05) is 48.5 Å². The van der Waals surface area contributed by atoms with Gasteiger partial charge in [-0.3, -0.25) is 0 Å². The average molecular weight is 504 g/mol. The van der Waals surface area contributed by atoms with Gasteiger partial charge in [-0.25, -0.2) is 22.9 Å². The number of fused-ring (bicyclic) bond motifs is 1. The Morgan fingerprint density at radius 2 is 1.60 bits per heavy atom. The molecule has 8 heteroatoms. The van der Waals surface area contributed by atoms with Gasteiger partial charge in [0, 0.05) is 11.9 Å². The summed E-state index contributed by atoms with van der Waals surface area (Å²) in [4.78, 5) is 5.65. The summed E-state index contributed by atoms with van der Waals surface area (Å²) in [5.74, 6) is -0.303. The molecule has 2 N–H and O–H groups in total. The van der Waals surface area contributed by atoms with Gasteiger partial charge in [-0.15, -0.1) is 11.3 Å². The van der Waals surface area contributed by atoms with E-state index in [0.29, 0.717) is 18.7 Å². The van der Waals surface area contributed by atoms with Gasteiger partial charge in [0.2, 0.25) is 10.0 Å². The number of rotatable bonds is 6. The van der Waals surface area contributed by atoms with Crippen molar-refractivity contribution in [1.29, 1.82) is 0 Å². The fourth-order valence-corrected chi connectivity index (χ4v) is 5.40. The Morgan fingerprint density at radius 3 is 2.31 bits per heavy atom. The highest BCUT2D eigenvalue weighted by atomic mass is 32.2. The Kier molecular flexibility index (Phi) is 6.34. The molecular formula is C27H22FN3O2S2. The van der Waals surface area contributed by atoms with Crippen LogP contribution in [0.25, 0.3) is 22.0 Å². The highest BCUT2D eigenvalue weighted by molar-refractivity contribution is 7.89. The Morgan fingerprint density at radius 1 is 0.886 bits per heavy atom. The number of aromatic nitrogens is 1. The predicted molar refractivity (Wildman–Crippen MR) is 138 cm³/mol. The van der Waals surface area contributed by atoms with Gasteiger partial charge in [0.25, 0.3) is 0 Å². The van der Waals surface area contributed by atoms with E-state index < -0.39 is 10.0 Å². The van der Waals surface area contributed by atoms with Gasteiger partial charge in [-0.05, 0) is 70.8 Å². The molecule has 0 aliphatic rings. The third kappa shape index (κ3) is 5.24. The molecule has 1 aromatic heterocycles.